The van der Waals surface area contributed by atoms with Crippen LogP contribution in [0.15, 0.2) is 42.5 Å². The third-order valence-electron chi connectivity index (χ3n) is 5.37. The average molecular weight is 570 g/mol. The number of ether oxygens (including phenoxy) is 1. The van der Waals surface area contributed by atoms with Crippen molar-refractivity contribution in [2.45, 2.75) is 59.6 Å². The first-order valence-electron chi connectivity index (χ1n) is 12.5. The monoisotopic (exact) mass is 568 g/mol. The molecule has 0 aliphatic rings. The molecule has 3 rings (SSSR count). The maximum atomic E-state index is 13.1. The zero-order valence-electron chi connectivity index (χ0n) is 23.6. The molecule has 2 amide bonds. The summed E-state index contributed by atoms with van der Waals surface area (Å²) < 4.78 is 7.02. The number of benzene rings is 2. The number of carbonyl (C=O) groups excluding carboxylic acids is 2. The van der Waals surface area contributed by atoms with Gasteiger partial charge in [-0.15, -0.1) is 0 Å². The van der Waals surface area contributed by atoms with E-state index in [4.69, 9.17) is 27.9 Å². The van der Waals surface area contributed by atoms with Gasteiger partial charge in [0.1, 0.15) is 5.60 Å². The van der Waals surface area contributed by atoms with Crippen LogP contribution < -0.4 is 5.32 Å². The van der Waals surface area contributed by atoms with E-state index in [-0.39, 0.29) is 12.5 Å². The van der Waals surface area contributed by atoms with Crippen LogP contribution in [-0.2, 0) is 4.74 Å². The molecule has 0 atom stereocenters. The Labute approximate surface area is 240 Å². The number of halogens is 2. The number of hydrogen-bond acceptors (Lipinski definition) is 4. The standard InChI is InChI=1S/C30H34Cl2N4O3/c1-19-25(27(37)33-29(2,3)4)34-36(26(19)21-12-14-22(31)15-13-21)24-16-11-20(18-23(24)32)10-9-17-35(8)28(38)39-30(5,6)7/h11-16,18H,17H2,1-8H3,(H,33,37). The number of nitrogens with one attached hydrogen (secondary N) is 1. The highest BCUT2D eigenvalue weighted by atomic mass is 35.5. The van der Waals surface area contributed by atoms with Gasteiger partial charge in [-0.05, 0) is 78.8 Å². The second-order valence-electron chi connectivity index (χ2n) is 11.2. The van der Waals surface area contributed by atoms with Crippen molar-refractivity contribution in [3.8, 4) is 28.8 Å². The van der Waals surface area contributed by atoms with Crippen molar-refractivity contribution >= 4 is 35.2 Å². The van der Waals surface area contributed by atoms with Crippen LogP contribution in [0.4, 0.5) is 4.79 Å². The van der Waals surface area contributed by atoms with Gasteiger partial charge >= 0.3 is 6.09 Å². The van der Waals surface area contributed by atoms with E-state index in [2.05, 4.69) is 22.3 Å². The molecule has 3 aromatic rings. The highest BCUT2D eigenvalue weighted by Crippen LogP contribution is 2.32. The van der Waals surface area contributed by atoms with Gasteiger partial charge < -0.3 is 15.0 Å². The molecule has 0 bridgehead atoms. The van der Waals surface area contributed by atoms with E-state index in [0.29, 0.717) is 32.6 Å². The molecule has 0 saturated carbocycles. The molecule has 0 unspecified atom stereocenters. The third-order valence-corrected chi connectivity index (χ3v) is 5.93. The fraction of sp³-hybridized carbons (Fsp3) is 0.367. The Bertz CT molecular complexity index is 1440. The molecule has 1 heterocycles. The molecule has 0 fully saturated rings. The Morgan fingerprint density at radius 3 is 2.26 bits per heavy atom. The van der Waals surface area contributed by atoms with Crippen LogP contribution in [-0.4, -0.2) is 51.4 Å². The van der Waals surface area contributed by atoms with E-state index in [1.165, 1.54) is 4.90 Å². The molecule has 0 radical (unpaired) electrons. The van der Waals surface area contributed by atoms with Gasteiger partial charge in [0.05, 0.1) is 22.9 Å². The van der Waals surface area contributed by atoms with E-state index >= 15 is 0 Å². The molecule has 0 aliphatic carbocycles. The zero-order valence-corrected chi connectivity index (χ0v) is 25.1. The van der Waals surface area contributed by atoms with E-state index in [0.717, 1.165) is 11.3 Å². The van der Waals surface area contributed by atoms with Crippen molar-refractivity contribution in [3.05, 3.63) is 69.3 Å². The average Bonchev–Trinajstić information content (AvgIpc) is 3.14. The summed E-state index contributed by atoms with van der Waals surface area (Å²) in [4.78, 5) is 26.7. The van der Waals surface area contributed by atoms with E-state index < -0.39 is 17.2 Å². The first-order valence-corrected chi connectivity index (χ1v) is 13.2. The minimum Gasteiger partial charge on any atom is -0.444 e. The molecule has 0 spiro atoms. The fourth-order valence-corrected chi connectivity index (χ4v) is 4.04. The molecule has 0 saturated heterocycles. The van der Waals surface area contributed by atoms with Gasteiger partial charge in [-0.2, -0.15) is 5.10 Å². The van der Waals surface area contributed by atoms with E-state index in [9.17, 15) is 9.59 Å². The maximum absolute atomic E-state index is 13.1. The lowest BCUT2D eigenvalue weighted by atomic mass is 10.0. The zero-order chi connectivity index (χ0) is 29.1. The second-order valence-corrected chi connectivity index (χ2v) is 12.1. The van der Waals surface area contributed by atoms with Crippen LogP contribution in [0.5, 0.6) is 0 Å². The van der Waals surface area contributed by atoms with Gasteiger partial charge in [-0.3, -0.25) is 4.79 Å². The van der Waals surface area contributed by atoms with Crippen molar-refractivity contribution in [2.75, 3.05) is 13.6 Å². The summed E-state index contributed by atoms with van der Waals surface area (Å²) in [6.07, 6.45) is -0.444. The quantitative estimate of drug-likeness (QED) is 0.347. The topological polar surface area (TPSA) is 76.5 Å². The number of nitrogens with zero attached hydrogens (tertiary/aromatic N) is 3. The Hall–Kier alpha value is -3.47. The van der Waals surface area contributed by atoms with Crippen LogP contribution >= 0.6 is 23.2 Å². The summed E-state index contributed by atoms with van der Waals surface area (Å²) in [5.41, 5.74) is 2.84. The summed E-state index contributed by atoms with van der Waals surface area (Å²) in [7, 11) is 1.63. The number of carbonyl (C=O) groups is 2. The molecule has 1 aromatic heterocycles. The number of hydrogen-bond donors (Lipinski definition) is 1. The van der Waals surface area contributed by atoms with Gasteiger partial charge in [0.2, 0.25) is 0 Å². The summed E-state index contributed by atoms with van der Waals surface area (Å²) in [5.74, 6) is 5.73. The number of aromatic nitrogens is 2. The third kappa shape index (κ3) is 8.01. The van der Waals surface area contributed by atoms with Crippen LogP contribution in [0.1, 0.15) is 63.2 Å². The van der Waals surface area contributed by atoms with Crippen LogP contribution in [0.2, 0.25) is 10.0 Å². The summed E-state index contributed by atoms with van der Waals surface area (Å²) in [6.45, 7) is 13.2. The normalized spacial score (nSPS) is 11.4. The van der Waals surface area contributed by atoms with Crippen LogP contribution in [0.3, 0.4) is 0 Å². The van der Waals surface area contributed by atoms with Crippen molar-refractivity contribution in [3.63, 3.8) is 0 Å². The molecule has 206 valence electrons. The summed E-state index contributed by atoms with van der Waals surface area (Å²) in [5, 5.41) is 8.67. The second kappa shape index (κ2) is 11.7. The number of amides is 2. The Kier molecular flexibility index (Phi) is 9.05. The van der Waals surface area contributed by atoms with Crippen molar-refractivity contribution in [1.82, 2.24) is 20.0 Å². The van der Waals surface area contributed by atoms with Crippen LogP contribution in [0.25, 0.3) is 16.9 Å². The molecule has 7 nitrogen and oxygen atoms in total. The maximum Gasteiger partial charge on any atom is 0.410 e. The molecule has 39 heavy (non-hydrogen) atoms. The minimum absolute atomic E-state index is 0.194. The fourth-order valence-electron chi connectivity index (χ4n) is 3.65. The van der Waals surface area contributed by atoms with Gasteiger partial charge in [0.25, 0.3) is 5.91 Å². The van der Waals surface area contributed by atoms with E-state index in [1.54, 1.807) is 36.0 Å². The lowest BCUT2D eigenvalue weighted by Crippen LogP contribution is -2.41. The lowest BCUT2D eigenvalue weighted by Gasteiger charge is -2.23. The smallest absolute Gasteiger partial charge is 0.410 e. The Balaban J connectivity index is 1.97. The van der Waals surface area contributed by atoms with Gasteiger partial charge in [0, 0.05) is 34.3 Å². The Morgan fingerprint density at radius 1 is 1.05 bits per heavy atom. The van der Waals surface area contributed by atoms with Crippen molar-refractivity contribution < 1.29 is 14.3 Å². The van der Waals surface area contributed by atoms with Gasteiger partial charge in [0.15, 0.2) is 5.69 Å². The highest BCUT2D eigenvalue weighted by Gasteiger charge is 2.25. The predicted octanol–water partition coefficient (Wildman–Crippen LogP) is 6.90. The number of rotatable bonds is 4. The highest BCUT2D eigenvalue weighted by molar-refractivity contribution is 6.32. The van der Waals surface area contributed by atoms with Crippen molar-refractivity contribution in [1.29, 1.82) is 0 Å². The van der Waals surface area contributed by atoms with Gasteiger partial charge in [-0.1, -0.05) is 47.2 Å². The molecule has 2 aromatic carbocycles. The summed E-state index contributed by atoms with van der Waals surface area (Å²) in [6, 6.07) is 12.7. The Morgan fingerprint density at radius 2 is 1.69 bits per heavy atom. The molecular weight excluding hydrogens is 535 g/mol. The first kappa shape index (κ1) is 30.1. The van der Waals surface area contributed by atoms with Crippen LogP contribution in [0, 0.1) is 18.8 Å². The minimum atomic E-state index is -0.578. The van der Waals surface area contributed by atoms with Crippen molar-refractivity contribution in [2.24, 2.45) is 0 Å². The molecule has 0 aliphatic heterocycles. The lowest BCUT2D eigenvalue weighted by molar-refractivity contribution is 0.0320. The first-order chi connectivity index (χ1) is 18.1. The van der Waals surface area contributed by atoms with Gasteiger partial charge in [-0.25, -0.2) is 9.48 Å². The molecular formula is C30H34Cl2N4O3. The molecule has 9 heteroatoms. The van der Waals surface area contributed by atoms with E-state index in [1.807, 2.05) is 66.7 Å². The summed E-state index contributed by atoms with van der Waals surface area (Å²) >= 11 is 12.9. The largest absolute Gasteiger partial charge is 0.444 e. The molecule has 1 N–H and O–H groups in total. The SMILES string of the molecule is Cc1c(C(=O)NC(C)(C)C)nn(-c2ccc(C#CCN(C)C(=O)OC(C)(C)C)cc2Cl)c1-c1ccc(Cl)cc1. The predicted molar refractivity (Wildman–Crippen MR) is 157 cm³/mol.